The van der Waals surface area contributed by atoms with Crippen molar-refractivity contribution < 1.29 is 0 Å². The van der Waals surface area contributed by atoms with Gasteiger partial charge in [-0.15, -0.1) is 21.5 Å². The van der Waals surface area contributed by atoms with E-state index in [1.165, 1.54) is 0 Å². The SMILES string of the molecule is Cn1c(/C(C#N)=C/c2ccc(Br)s2)nnc1-c1ccccc1. The van der Waals surface area contributed by atoms with E-state index in [-0.39, 0.29) is 0 Å². The van der Waals surface area contributed by atoms with Gasteiger partial charge in [0.15, 0.2) is 11.6 Å². The minimum Gasteiger partial charge on any atom is -0.310 e. The van der Waals surface area contributed by atoms with Crippen LogP contribution in [0.15, 0.2) is 46.3 Å². The number of benzene rings is 1. The first-order valence-electron chi connectivity index (χ1n) is 6.51. The normalized spacial score (nSPS) is 11.4. The van der Waals surface area contributed by atoms with Gasteiger partial charge in [0.25, 0.3) is 0 Å². The van der Waals surface area contributed by atoms with Gasteiger partial charge in [-0.2, -0.15) is 5.26 Å². The summed E-state index contributed by atoms with van der Waals surface area (Å²) >= 11 is 4.99. The van der Waals surface area contributed by atoms with Crippen molar-refractivity contribution in [3.05, 3.63) is 57.0 Å². The van der Waals surface area contributed by atoms with Crippen LogP contribution in [-0.4, -0.2) is 14.8 Å². The van der Waals surface area contributed by atoms with Crippen LogP contribution < -0.4 is 0 Å². The molecule has 3 rings (SSSR count). The van der Waals surface area contributed by atoms with E-state index >= 15 is 0 Å². The molecule has 0 saturated carbocycles. The van der Waals surface area contributed by atoms with Gasteiger partial charge in [0.05, 0.1) is 9.36 Å². The van der Waals surface area contributed by atoms with Gasteiger partial charge in [-0.05, 0) is 34.1 Å². The lowest BCUT2D eigenvalue weighted by molar-refractivity contribution is 0.901. The Balaban J connectivity index is 2.03. The van der Waals surface area contributed by atoms with E-state index in [2.05, 4.69) is 32.2 Å². The number of allylic oxidation sites excluding steroid dienone is 1. The molecular weight excluding hydrogens is 360 g/mol. The number of halogens is 1. The summed E-state index contributed by atoms with van der Waals surface area (Å²) in [7, 11) is 1.87. The van der Waals surface area contributed by atoms with Crippen molar-refractivity contribution >= 4 is 38.9 Å². The van der Waals surface area contributed by atoms with Gasteiger partial charge in [0.2, 0.25) is 0 Å². The van der Waals surface area contributed by atoms with Crippen molar-refractivity contribution in [1.82, 2.24) is 14.8 Å². The number of aromatic nitrogens is 3. The van der Waals surface area contributed by atoms with Gasteiger partial charge in [-0.3, -0.25) is 0 Å². The summed E-state index contributed by atoms with van der Waals surface area (Å²) in [6, 6.07) is 15.9. The van der Waals surface area contributed by atoms with Crippen molar-refractivity contribution in [2.24, 2.45) is 7.05 Å². The van der Waals surface area contributed by atoms with Crippen molar-refractivity contribution in [1.29, 1.82) is 5.26 Å². The molecule has 108 valence electrons. The van der Waals surface area contributed by atoms with Gasteiger partial charge in [0.1, 0.15) is 6.07 Å². The Morgan fingerprint density at radius 1 is 1.23 bits per heavy atom. The topological polar surface area (TPSA) is 54.5 Å². The molecule has 0 aliphatic rings. The largest absolute Gasteiger partial charge is 0.310 e. The van der Waals surface area contributed by atoms with Crippen LogP contribution >= 0.6 is 27.3 Å². The molecule has 2 heterocycles. The van der Waals surface area contributed by atoms with E-state index < -0.39 is 0 Å². The van der Waals surface area contributed by atoms with E-state index in [1.807, 2.05) is 60.2 Å². The van der Waals surface area contributed by atoms with Crippen LogP contribution in [-0.2, 0) is 7.05 Å². The van der Waals surface area contributed by atoms with Crippen LogP contribution in [0.1, 0.15) is 10.7 Å². The minimum atomic E-state index is 0.492. The Morgan fingerprint density at radius 2 is 2.00 bits per heavy atom. The third-order valence-electron chi connectivity index (χ3n) is 3.15. The molecule has 0 atom stereocenters. The predicted molar refractivity (Wildman–Crippen MR) is 91.9 cm³/mol. The van der Waals surface area contributed by atoms with E-state index in [0.29, 0.717) is 11.4 Å². The molecule has 3 aromatic rings. The molecule has 0 fully saturated rings. The van der Waals surface area contributed by atoms with E-state index in [4.69, 9.17) is 0 Å². The van der Waals surface area contributed by atoms with Crippen LogP contribution in [0.2, 0.25) is 0 Å². The predicted octanol–water partition coefficient (Wildman–Crippen LogP) is 4.37. The van der Waals surface area contributed by atoms with Gasteiger partial charge in [-0.25, -0.2) is 0 Å². The standard InChI is InChI=1S/C16H11BrN4S/c1-21-15(11-5-3-2-4-6-11)19-20-16(21)12(10-18)9-13-7-8-14(17)22-13/h2-9H,1H3/b12-9+. The highest BCUT2D eigenvalue weighted by Crippen LogP contribution is 2.27. The van der Waals surface area contributed by atoms with Crippen LogP contribution in [0.5, 0.6) is 0 Å². The highest BCUT2D eigenvalue weighted by atomic mass is 79.9. The summed E-state index contributed by atoms with van der Waals surface area (Å²) in [5, 5.41) is 17.8. The minimum absolute atomic E-state index is 0.492. The van der Waals surface area contributed by atoms with Gasteiger partial charge in [-0.1, -0.05) is 30.3 Å². The second-order valence-electron chi connectivity index (χ2n) is 4.58. The number of hydrogen-bond donors (Lipinski definition) is 0. The molecule has 0 spiro atoms. The summed E-state index contributed by atoms with van der Waals surface area (Å²) in [4.78, 5) is 0.993. The lowest BCUT2D eigenvalue weighted by Crippen LogP contribution is -1.98. The third kappa shape index (κ3) is 2.86. The Kier molecular flexibility index (Phi) is 4.18. The number of thiophene rings is 1. The average Bonchev–Trinajstić information content (AvgIpc) is 3.12. The fraction of sp³-hybridized carbons (Fsp3) is 0.0625. The molecule has 0 aliphatic heterocycles. The zero-order valence-corrected chi connectivity index (χ0v) is 14.1. The molecule has 0 bridgehead atoms. The van der Waals surface area contributed by atoms with Crippen LogP contribution in [0.25, 0.3) is 23.0 Å². The summed E-state index contributed by atoms with van der Waals surface area (Å²) in [5.41, 5.74) is 1.46. The average molecular weight is 371 g/mol. The Morgan fingerprint density at radius 3 is 2.64 bits per heavy atom. The van der Waals surface area contributed by atoms with Crippen molar-refractivity contribution in [3.8, 4) is 17.5 Å². The summed E-state index contributed by atoms with van der Waals surface area (Å²) in [5.74, 6) is 1.30. The second kappa shape index (κ2) is 6.26. The van der Waals surface area contributed by atoms with E-state index in [1.54, 1.807) is 11.3 Å². The fourth-order valence-corrected chi connectivity index (χ4v) is 3.46. The van der Waals surface area contributed by atoms with Gasteiger partial charge < -0.3 is 4.57 Å². The lowest BCUT2D eigenvalue weighted by Gasteiger charge is -2.02. The first kappa shape index (κ1) is 14.7. The zero-order valence-electron chi connectivity index (χ0n) is 11.7. The monoisotopic (exact) mass is 370 g/mol. The molecule has 4 nitrogen and oxygen atoms in total. The molecule has 0 radical (unpaired) electrons. The molecule has 0 amide bonds. The first-order valence-corrected chi connectivity index (χ1v) is 8.12. The Labute approximate surface area is 140 Å². The summed E-state index contributed by atoms with van der Waals surface area (Å²) in [6.07, 6.45) is 1.83. The summed E-state index contributed by atoms with van der Waals surface area (Å²) < 4.78 is 2.87. The maximum atomic E-state index is 9.45. The third-order valence-corrected chi connectivity index (χ3v) is 4.72. The van der Waals surface area contributed by atoms with Crippen LogP contribution in [0, 0.1) is 11.3 Å². The van der Waals surface area contributed by atoms with Crippen LogP contribution in [0.4, 0.5) is 0 Å². The molecule has 0 aliphatic carbocycles. The van der Waals surface area contributed by atoms with Crippen molar-refractivity contribution in [2.75, 3.05) is 0 Å². The number of rotatable bonds is 3. The van der Waals surface area contributed by atoms with E-state index in [9.17, 15) is 5.26 Å². The number of hydrogen-bond acceptors (Lipinski definition) is 4. The Hall–Kier alpha value is -2.23. The molecule has 0 unspecified atom stereocenters. The van der Waals surface area contributed by atoms with Crippen LogP contribution in [0.3, 0.4) is 0 Å². The zero-order chi connectivity index (χ0) is 15.5. The lowest BCUT2D eigenvalue weighted by atomic mass is 10.2. The second-order valence-corrected chi connectivity index (χ2v) is 7.08. The smallest absolute Gasteiger partial charge is 0.174 e. The van der Waals surface area contributed by atoms with Gasteiger partial charge >= 0.3 is 0 Å². The van der Waals surface area contributed by atoms with Gasteiger partial charge in [0, 0.05) is 17.5 Å². The maximum absolute atomic E-state index is 9.45. The maximum Gasteiger partial charge on any atom is 0.174 e. The Bertz CT molecular complexity index is 871. The fourth-order valence-electron chi connectivity index (χ4n) is 2.10. The number of nitriles is 1. The van der Waals surface area contributed by atoms with Crippen molar-refractivity contribution in [2.45, 2.75) is 0 Å². The highest BCUT2D eigenvalue weighted by molar-refractivity contribution is 9.11. The molecular formula is C16H11BrN4S. The quantitative estimate of drug-likeness (QED) is 0.643. The highest BCUT2D eigenvalue weighted by Gasteiger charge is 2.14. The van der Waals surface area contributed by atoms with E-state index in [0.717, 1.165) is 20.1 Å². The molecule has 2 aromatic heterocycles. The molecule has 0 saturated heterocycles. The number of nitrogens with zero attached hydrogens (tertiary/aromatic N) is 4. The molecule has 0 N–H and O–H groups in total. The molecule has 6 heteroatoms. The molecule has 22 heavy (non-hydrogen) atoms. The molecule has 1 aromatic carbocycles. The van der Waals surface area contributed by atoms with Crippen molar-refractivity contribution in [3.63, 3.8) is 0 Å². The first-order chi connectivity index (χ1) is 10.7. The summed E-state index contributed by atoms with van der Waals surface area (Å²) in [6.45, 7) is 0.